The van der Waals surface area contributed by atoms with Crippen molar-refractivity contribution in [1.82, 2.24) is 15.3 Å². The highest BCUT2D eigenvalue weighted by Gasteiger charge is 2.44. The van der Waals surface area contributed by atoms with Crippen molar-refractivity contribution < 1.29 is 26.7 Å². The molecule has 0 bridgehead atoms. The SMILES string of the molecule is Fc1cc(CC2=NCC3(CC3)CN2)cc(F)c1Oc1ccnc2[nH]cc(C(F)(F)F)c12. The van der Waals surface area contributed by atoms with Gasteiger partial charge in [-0.15, -0.1) is 0 Å². The van der Waals surface area contributed by atoms with Gasteiger partial charge in [0.25, 0.3) is 0 Å². The molecule has 1 aliphatic heterocycles. The maximum absolute atomic E-state index is 14.7. The molecule has 0 saturated heterocycles. The molecule has 2 aliphatic rings. The summed E-state index contributed by atoms with van der Waals surface area (Å²) in [6, 6.07) is 3.33. The summed E-state index contributed by atoms with van der Waals surface area (Å²) in [5.41, 5.74) is -0.533. The first-order chi connectivity index (χ1) is 14.7. The van der Waals surface area contributed by atoms with Crippen LogP contribution in [0.25, 0.3) is 11.0 Å². The Morgan fingerprint density at radius 2 is 1.87 bits per heavy atom. The van der Waals surface area contributed by atoms with E-state index in [9.17, 15) is 22.0 Å². The third-order valence-corrected chi connectivity index (χ3v) is 5.71. The van der Waals surface area contributed by atoms with Gasteiger partial charge in [-0.2, -0.15) is 13.2 Å². The molecule has 1 saturated carbocycles. The topological polar surface area (TPSA) is 62.3 Å². The van der Waals surface area contributed by atoms with Crippen LogP contribution >= 0.6 is 0 Å². The Hall–Kier alpha value is -3.17. The number of hydrogen-bond donors (Lipinski definition) is 2. The Labute approximate surface area is 173 Å². The number of pyridine rings is 1. The van der Waals surface area contributed by atoms with Crippen molar-refractivity contribution in [3.05, 3.63) is 53.4 Å². The Morgan fingerprint density at radius 1 is 1.13 bits per heavy atom. The molecule has 0 radical (unpaired) electrons. The molecule has 1 aliphatic carbocycles. The van der Waals surface area contributed by atoms with Crippen molar-refractivity contribution in [2.24, 2.45) is 10.4 Å². The highest BCUT2D eigenvalue weighted by atomic mass is 19.4. The van der Waals surface area contributed by atoms with Gasteiger partial charge in [0.1, 0.15) is 17.2 Å². The van der Waals surface area contributed by atoms with Gasteiger partial charge in [-0.25, -0.2) is 13.8 Å². The number of nitrogens with zero attached hydrogens (tertiary/aromatic N) is 2. The molecule has 31 heavy (non-hydrogen) atoms. The van der Waals surface area contributed by atoms with Crippen molar-refractivity contribution >= 4 is 16.9 Å². The maximum atomic E-state index is 14.7. The average Bonchev–Trinajstić information content (AvgIpc) is 3.30. The molecular weight excluding hydrogens is 419 g/mol. The molecule has 0 amide bonds. The Balaban J connectivity index is 1.43. The average molecular weight is 436 g/mol. The fourth-order valence-electron chi connectivity index (χ4n) is 3.74. The lowest BCUT2D eigenvalue weighted by Gasteiger charge is -2.22. The molecule has 162 valence electrons. The first-order valence-corrected chi connectivity index (χ1v) is 9.70. The van der Waals surface area contributed by atoms with Gasteiger partial charge in [-0.05, 0) is 36.6 Å². The van der Waals surface area contributed by atoms with E-state index in [4.69, 9.17) is 4.74 Å². The van der Waals surface area contributed by atoms with Crippen LogP contribution in [0.3, 0.4) is 0 Å². The van der Waals surface area contributed by atoms with Gasteiger partial charge in [-0.3, -0.25) is 4.99 Å². The molecule has 3 aromatic rings. The molecule has 0 unspecified atom stereocenters. The molecule has 1 aromatic carbocycles. The molecule has 5 nitrogen and oxygen atoms in total. The summed E-state index contributed by atoms with van der Waals surface area (Å²) in [7, 11) is 0. The van der Waals surface area contributed by atoms with Crippen LogP contribution in [-0.4, -0.2) is 28.9 Å². The standard InChI is InChI=1S/C21H17F5N4O/c22-13-5-11(7-16-29-9-20(2-3-20)10-30-16)6-14(23)18(13)31-15-1-4-27-19-17(15)12(8-28-19)21(24,25)26/h1,4-6,8H,2-3,7,9-10H2,(H,27,28)(H,29,30). The lowest BCUT2D eigenvalue weighted by atomic mass is 10.0. The monoisotopic (exact) mass is 436 g/mol. The number of halogens is 5. The molecule has 1 spiro atoms. The van der Waals surface area contributed by atoms with Crippen LogP contribution in [0.4, 0.5) is 22.0 Å². The van der Waals surface area contributed by atoms with E-state index in [2.05, 4.69) is 20.3 Å². The summed E-state index contributed by atoms with van der Waals surface area (Å²) >= 11 is 0. The summed E-state index contributed by atoms with van der Waals surface area (Å²) in [6.07, 6.45) is -0.272. The van der Waals surface area contributed by atoms with E-state index in [1.165, 1.54) is 6.20 Å². The van der Waals surface area contributed by atoms with E-state index < -0.39 is 34.5 Å². The Kier molecular flexibility index (Phi) is 4.42. The van der Waals surface area contributed by atoms with Gasteiger partial charge in [0, 0.05) is 37.3 Å². The van der Waals surface area contributed by atoms with Crippen molar-refractivity contribution in [1.29, 1.82) is 0 Å². The number of benzene rings is 1. The molecule has 1 fully saturated rings. The fourth-order valence-corrected chi connectivity index (χ4v) is 3.74. The minimum Gasteiger partial charge on any atom is -0.450 e. The highest BCUT2D eigenvalue weighted by Crippen LogP contribution is 2.46. The lowest BCUT2D eigenvalue weighted by molar-refractivity contribution is -0.136. The van der Waals surface area contributed by atoms with E-state index in [1.54, 1.807) is 0 Å². The second kappa shape index (κ2) is 6.93. The third-order valence-electron chi connectivity index (χ3n) is 5.71. The van der Waals surface area contributed by atoms with E-state index in [0.29, 0.717) is 17.9 Å². The predicted molar refractivity (Wildman–Crippen MR) is 103 cm³/mol. The highest BCUT2D eigenvalue weighted by molar-refractivity contribution is 5.87. The number of fused-ring (bicyclic) bond motifs is 1. The van der Waals surface area contributed by atoms with Gasteiger partial charge >= 0.3 is 6.18 Å². The van der Waals surface area contributed by atoms with Crippen LogP contribution in [0.5, 0.6) is 11.5 Å². The van der Waals surface area contributed by atoms with Gasteiger partial charge in [0.05, 0.1) is 10.9 Å². The minimum atomic E-state index is -4.69. The van der Waals surface area contributed by atoms with Gasteiger partial charge in [-0.1, -0.05) is 0 Å². The van der Waals surface area contributed by atoms with Crippen LogP contribution in [-0.2, 0) is 12.6 Å². The number of aliphatic imine (C=N–C) groups is 1. The second-order valence-corrected chi connectivity index (χ2v) is 8.02. The van der Waals surface area contributed by atoms with Gasteiger partial charge in [0.2, 0.25) is 0 Å². The van der Waals surface area contributed by atoms with Crippen LogP contribution < -0.4 is 10.1 Å². The number of amidine groups is 1. The largest absolute Gasteiger partial charge is 0.450 e. The zero-order valence-corrected chi connectivity index (χ0v) is 16.1. The van der Waals surface area contributed by atoms with Gasteiger partial charge < -0.3 is 15.0 Å². The number of H-pyrrole nitrogens is 1. The third kappa shape index (κ3) is 3.70. The van der Waals surface area contributed by atoms with Crippen molar-refractivity contribution in [3.63, 3.8) is 0 Å². The molecule has 3 heterocycles. The minimum absolute atomic E-state index is 0.0999. The van der Waals surface area contributed by atoms with Crippen LogP contribution in [0.2, 0.25) is 0 Å². The van der Waals surface area contributed by atoms with Crippen LogP contribution in [0, 0.1) is 17.0 Å². The molecule has 2 N–H and O–H groups in total. The summed E-state index contributed by atoms with van der Waals surface area (Å²) in [5.74, 6) is -2.50. The van der Waals surface area contributed by atoms with Crippen molar-refractivity contribution in [2.45, 2.75) is 25.4 Å². The van der Waals surface area contributed by atoms with E-state index in [1.807, 2.05) is 0 Å². The number of alkyl halides is 3. The number of ether oxygens (including phenoxy) is 1. The Morgan fingerprint density at radius 3 is 2.48 bits per heavy atom. The number of rotatable bonds is 4. The summed E-state index contributed by atoms with van der Waals surface area (Å²) in [6.45, 7) is 1.51. The Bertz CT molecular complexity index is 1170. The fraction of sp³-hybridized carbons (Fsp3) is 0.333. The molecule has 10 heteroatoms. The smallest absolute Gasteiger partial charge is 0.418 e. The number of aromatic nitrogens is 2. The van der Waals surface area contributed by atoms with E-state index in [-0.39, 0.29) is 23.2 Å². The first kappa shape index (κ1) is 19.8. The first-order valence-electron chi connectivity index (χ1n) is 9.70. The zero-order valence-electron chi connectivity index (χ0n) is 16.1. The molecule has 0 atom stereocenters. The maximum Gasteiger partial charge on any atom is 0.418 e. The molecular formula is C21H17F5N4O. The van der Waals surface area contributed by atoms with Gasteiger partial charge in [0.15, 0.2) is 17.4 Å². The second-order valence-electron chi connectivity index (χ2n) is 8.02. The quantitative estimate of drug-likeness (QED) is 0.568. The summed E-state index contributed by atoms with van der Waals surface area (Å²) in [5, 5.41) is 2.81. The predicted octanol–water partition coefficient (Wildman–Crippen LogP) is 4.98. The number of aromatic amines is 1. The molecule has 5 rings (SSSR count). The van der Waals surface area contributed by atoms with E-state index in [0.717, 1.165) is 43.8 Å². The number of hydrogen-bond acceptors (Lipinski definition) is 4. The summed E-state index contributed by atoms with van der Waals surface area (Å²) in [4.78, 5) is 10.7. The van der Waals surface area contributed by atoms with Crippen molar-refractivity contribution in [3.8, 4) is 11.5 Å². The normalized spacial score (nSPS) is 17.5. The summed E-state index contributed by atoms with van der Waals surface area (Å²) < 4.78 is 74.5. The zero-order chi connectivity index (χ0) is 21.8. The van der Waals surface area contributed by atoms with E-state index >= 15 is 0 Å². The van der Waals surface area contributed by atoms with Crippen LogP contribution in [0.15, 0.2) is 35.6 Å². The number of nitrogens with one attached hydrogen (secondary N) is 2. The van der Waals surface area contributed by atoms with Crippen LogP contribution in [0.1, 0.15) is 24.0 Å². The van der Waals surface area contributed by atoms with Crippen molar-refractivity contribution in [2.75, 3.05) is 13.1 Å². The molecule has 2 aromatic heterocycles. The lowest BCUT2D eigenvalue weighted by Crippen LogP contribution is -2.37.